The largest absolute Gasteiger partial charge is 0.444 e. The summed E-state index contributed by atoms with van der Waals surface area (Å²) in [6, 6.07) is -0.225. The number of nitrogens with zero attached hydrogens (tertiary/aromatic N) is 3. The van der Waals surface area contributed by atoms with Gasteiger partial charge in [-0.1, -0.05) is 0 Å². The standard InChI is InChI=1S/C15H21BrF3N5O2/c1-14(2,3)26-13(25)24-6-4-5-8(7-24)21-12-11(20)22-9(10(16)23-12)15(17,18)19/h8H,4-7H2,1-3H3,(H2,20,22)(H,21,23)/t8-/m0/s1. The number of likely N-dealkylation sites (tertiary alicyclic amines) is 1. The average Bonchev–Trinajstić information content (AvgIpc) is 2.48. The number of anilines is 2. The first-order valence-corrected chi connectivity index (χ1v) is 8.81. The van der Waals surface area contributed by atoms with Gasteiger partial charge in [0, 0.05) is 19.1 Å². The van der Waals surface area contributed by atoms with Crippen molar-refractivity contribution < 1.29 is 22.7 Å². The third-order valence-corrected chi connectivity index (χ3v) is 4.12. The SMILES string of the molecule is CC(C)(C)OC(=O)N1CCC[C@H](Nc2nc(Br)c(C(F)(F)F)nc2N)C1. The number of hydrogen-bond donors (Lipinski definition) is 2. The lowest BCUT2D eigenvalue weighted by Crippen LogP contribution is -2.47. The monoisotopic (exact) mass is 439 g/mol. The summed E-state index contributed by atoms with van der Waals surface area (Å²) in [7, 11) is 0. The highest BCUT2D eigenvalue weighted by Gasteiger charge is 2.37. The van der Waals surface area contributed by atoms with Gasteiger partial charge in [-0.05, 0) is 49.5 Å². The van der Waals surface area contributed by atoms with Crippen LogP contribution in [0, 0.1) is 0 Å². The summed E-state index contributed by atoms with van der Waals surface area (Å²) in [5.74, 6) is -0.309. The van der Waals surface area contributed by atoms with Crippen LogP contribution in [0.4, 0.5) is 29.6 Å². The fraction of sp³-hybridized carbons (Fsp3) is 0.667. The number of ether oxygens (including phenoxy) is 1. The minimum atomic E-state index is -4.66. The minimum Gasteiger partial charge on any atom is -0.444 e. The lowest BCUT2D eigenvalue weighted by Gasteiger charge is -2.34. The van der Waals surface area contributed by atoms with E-state index in [0.717, 1.165) is 0 Å². The normalized spacial score (nSPS) is 18.6. The van der Waals surface area contributed by atoms with Gasteiger partial charge in [0.05, 0.1) is 0 Å². The van der Waals surface area contributed by atoms with E-state index >= 15 is 0 Å². The maximum atomic E-state index is 12.8. The summed E-state index contributed by atoms with van der Waals surface area (Å²) in [6.07, 6.45) is -3.67. The lowest BCUT2D eigenvalue weighted by atomic mass is 10.1. The molecule has 3 N–H and O–H groups in total. The predicted octanol–water partition coefficient (Wildman–Crippen LogP) is 3.65. The topological polar surface area (TPSA) is 93.4 Å². The lowest BCUT2D eigenvalue weighted by molar-refractivity contribution is -0.142. The average molecular weight is 440 g/mol. The number of hydrogen-bond acceptors (Lipinski definition) is 6. The van der Waals surface area contributed by atoms with Crippen LogP contribution in [0.25, 0.3) is 0 Å². The molecule has 1 aromatic heterocycles. The van der Waals surface area contributed by atoms with Crippen molar-refractivity contribution in [3.63, 3.8) is 0 Å². The second kappa shape index (κ2) is 7.45. The molecule has 146 valence electrons. The van der Waals surface area contributed by atoms with E-state index in [1.165, 1.54) is 0 Å². The zero-order valence-corrected chi connectivity index (χ0v) is 16.2. The van der Waals surface area contributed by atoms with Crippen molar-refractivity contribution in [3.05, 3.63) is 10.3 Å². The Balaban J connectivity index is 2.09. The number of rotatable bonds is 2. The molecule has 1 fully saturated rings. The highest BCUT2D eigenvalue weighted by atomic mass is 79.9. The molecule has 2 heterocycles. The van der Waals surface area contributed by atoms with Crippen molar-refractivity contribution in [2.24, 2.45) is 0 Å². The van der Waals surface area contributed by atoms with Gasteiger partial charge in [0.25, 0.3) is 0 Å². The number of halogens is 4. The van der Waals surface area contributed by atoms with E-state index in [1.54, 1.807) is 25.7 Å². The first-order valence-electron chi connectivity index (χ1n) is 8.01. The van der Waals surface area contributed by atoms with Gasteiger partial charge in [0.2, 0.25) is 0 Å². The summed E-state index contributed by atoms with van der Waals surface area (Å²) < 4.78 is 43.4. The number of piperidine rings is 1. The van der Waals surface area contributed by atoms with Crippen LogP contribution in [0.2, 0.25) is 0 Å². The molecule has 0 radical (unpaired) electrons. The van der Waals surface area contributed by atoms with Crippen LogP contribution in [0.3, 0.4) is 0 Å². The number of nitrogens with two attached hydrogens (primary N) is 1. The Bertz CT molecular complexity index is 678. The molecular weight excluding hydrogens is 419 g/mol. The van der Waals surface area contributed by atoms with Gasteiger partial charge in [0.15, 0.2) is 17.3 Å². The molecule has 0 aromatic carbocycles. The van der Waals surface area contributed by atoms with Gasteiger partial charge in [-0.15, -0.1) is 0 Å². The Morgan fingerprint density at radius 2 is 2.00 bits per heavy atom. The van der Waals surface area contributed by atoms with Crippen LogP contribution in [0.15, 0.2) is 4.60 Å². The van der Waals surface area contributed by atoms with E-state index in [9.17, 15) is 18.0 Å². The van der Waals surface area contributed by atoms with Gasteiger partial charge in [0.1, 0.15) is 10.2 Å². The Labute approximate surface area is 157 Å². The Morgan fingerprint density at radius 1 is 1.35 bits per heavy atom. The van der Waals surface area contributed by atoms with E-state index in [-0.39, 0.29) is 17.7 Å². The number of alkyl halides is 3. The Morgan fingerprint density at radius 3 is 2.58 bits per heavy atom. The van der Waals surface area contributed by atoms with Crippen LogP contribution >= 0.6 is 15.9 Å². The molecule has 0 saturated carbocycles. The Hall–Kier alpha value is -1.78. The molecule has 1 aliphatic heterocycles. The molecule has 1 atom stereocenters. The van der Waals surface area contributed by atoms with Gasteiger partial charge in [-0.25, -0.2) is 14.8 Å². The van der Waals surface area contributed by atoms with Gasteiger partial charge in [-0.3, -0.25) is 0 Å². The fourth-order valence-corrected chi connectivity index (χ4v) is 2.99. The van der Waals surface area contributed by atoms with Crippen LogP contribution in [0.5, 0.6) is 0 Å². The number of nitrogen functional groups attached to an aromatic ring is 1. The highest BCUT2D eigenvalue weighted by molar-refractivity contribution is 9.10. The first-order chi connectivity index (χ1) is 11.9. The molecule has 26 heavy (non-hydrogen) atoms. The van der Waals surface area contributed by atoms with Crippen LogP contribution in [-0.2, 0) is 10.9 Å². The molecule has 0 unspecified atom stereocenters. The third kappa shape index (κ3) is 5.36. The Kier molecular flexibility index (Phi) is 5.89. The number of nitrogens with one attached hydrogen (secondary N) is 1. The van der Waals surface area contributed by atoms with Crippen molar-refractivity contribution in [2.75, 3.05) is 24.1 Å². The molecule has 1 aromatic rings. The zero-order valence-electron chi connectivity index (χ0n) is 14.7. The van der Waals surface area contributed by atoms with Gasteiger partial charge >= 0.3 is 12.3 Å². The van der Waals surface area contributed by atoms with Crippen molar-refractivity contribution in [1.82, 2.24) is 14.9 Å². The summed E-state index contributed by atoms with van der Waals surface area (Å²) in [5.41, 5.74) is 3.83. The molecule has 0 aliphatic carbocycles. The summed E-state index contributed by atoms with van der Waals surface area (Å²) >= 11 is 2.78. The summed E-state index contributed by atoms with van der Waals surface area (Å²) in [5, 5.41) is 2.97. The van der Waals surface area contributed by atoms with Crippen LogP contribution in [-0.4, -0.2) is 45.7 Å². The second-order valence-corrected chi connectivity index (χ2v) is 7.76. The van der Waals surface area contributed by atoms with E-state index < -0.39 is 28.2 Å². The summed E-state index contributed by atoms with van der Waals surface area (Å²) in [4.78, 5) is 20.9. The predicted molar refractivity (Wildman–Crippen MR) is 93.6 cm³/mol. The quantitative estimate of drug-likeness (QED) is 0.730. The van der Waals surface area contributed by atoms with Crippen LogP contribution < -0.4 is 11.1 Å². The van der Waals surface area contributed by atoms with Crippen molar-refractivity contribution in [1.29, 1.82) is 0 Å². The fourth-order valence-electron chi connectivity index (χ4n) is 2.50. The molecule has 7 nitrogen and oxygen atoms in total. The van der Waals surface area contributed by atoms with E-state index in [1.807, 2.05) is 0 Å². The minimum absolute atomic E-state index is 0.0425. The van der Waals surface area contributed by atoms with Gasteiger partial charge < -0.3 is 20.7 Å². The number of carbonyl (C=O) groups excluding carboxylic acids is 1. The molecule has 1 saturated heterocycles. The molecule has 2 rings (SSSR count). The molecule has 0 bridgehead atoms. The van der Waals surface area contributed by atoms with Gasteiger partial charge in [-0.2, -0.15) is 13.2 Å². The van der Waals surface area contributed by atoms with Crippen molar-refractivity contribution >= 4 is 33.7 Å². The van der Waals surface area contributed by atoms with E-state index in [2.05, 4.69) is 31.2 Å². The van der Waals surface area contributed by atoms with E-state index in [0.29, 0.717) is 25.9 Å². The zero-order chi connectivity index (χ0) is 19.7. The number of aromatic nitrogens is 2. The molecule has 11 heteroatoms. The first kappa shape index (κ1) is 20.5. The molecule has 0 spiro atoms. The van der Waals surface area contributed by atoms with Crippen molar-refractivity contribution in [2.45, 2.75) is 51.4 Å². The molecular formula is C15H21BrF3N5O2. The van der Waals surface area contributed by atoms with E-state index in [4.69, 9.17) is 10.5 Å². The smallest absolute Gasteiger partial charge is 0.436 e. The van der Waals surface area contributed by atoms with Crippen molar-refractivity contribution in [3.8, 4) is 0 Å². The summed E-state index contributed by atoms with van der Waals surface area (Å²) in [6.45, 7) is 6.21. The highest BCUT2D eigenvalue weighted by Crippen LogP contribution is 2.34. The second-order valence-electron chi connectivity index (χ2n) is 7.00. The van der Waals surface area contributed by atoms with Crippen LogP contribution in [0.1, 0.15) is 39.3 Å². The number of carbonyl (C=O) groups is 1. The maximum Gasteiger partial charge on any atom is 0.436 e. The molecule has 1 aliphatic rings. The third-order valence-electron chi connectivity index (χ3n) is 3.56. The maximum absolute atomic E-state index is 12.8. The number of amides is 1. The molecule has 1 amide bonds.